The SMILES string of the molecule is CCOC(=O)c1ccc(C(C)(F)F)cn1. The van der Waals surface area contributed by atoms with Crippen LogP contribution in [0.25, 0.3) is 0 Å². The number of alkyl halides is 2. The van der Waals surface area contributed by atoms with Gasteiger partial charge in [0.1, 0.15) is 5.69 Å². The summed E-state index contributed by atoms with van der Waals surface area (Å²) in [6.45, 7) is 2.66. The molecular formula is C10H11F2NO2. The molecule has 1 heterocycles. The number of carbonyl (C=O) groups is 1. The molecule has 82 valence electrons. The highest BCUT2D eigenvalue weighted by atomic mass is 19.3. The van der Waals surface area contributed by atoms with Gasteiger partial charge < -0.3 is 4.74 Å². The van der Waals surface area contributed by atoms with Crippen molar-refractivity contribution in [2.45, 2.75) is 19.8 Å². The van der Waals surface area contributed by atoms with Crippen LogP contribution >= 0.6 is 0 Å². The van der Waals surface area contributed by atoms with Crippen molar-refractivity contribution < 1.29 is 18.3 Å². The Kier molecular flexibility index (Phi) is 3.34. The molecule has 0 bridgehead atoms. The highest BCUT2D eigenvalue weighted by Gasteiger charge is 2.24. The lowest BCUT2D eigenvalue weighted by molar-refractivity contribution is 0.0169. The minimum Gasteiger partial charge on any atom is -0.461 e. The Morgan fingerprint density at radius 3 is 2.60 bits per heavy atom. The van der Waals surface area contributed by atoms with E-state index in [1.807, 2.05) is 0 Å². The molecule has 0 spiro atoms. The summed E-state index contributed by atoms with van der Waals surface area (Å²) in [5.41, 5.74) is -0.194. The second-order valence-corrected chi connectivity index (χ2v) is 3.04. The molecule has 0 N–H and O–H groups in total. The Morgan fingerprint density at radius 2 is 2.20 bits per heavy atom. The molecule has 0 fully saturated rings. The molecule has 15 heavy (non-hydrogen) atoms. The van der Waals surface area contributed by atoms with E-state index >= 15 is 0 Å². The summed E-state index contributed by atoms with van der Waals surface area (Å²) in [5, 5.41) is 0. The van der Waals surface area contributed by atoms with Gasteiger partial charge in [-0.2, -0.15) is 0 Å². The van der Waals surface area contributed by atoms with Crippen molar-refractivity contribution in [3.8, 4) is 0 Å². The van der Waals surface area contributed by atoms with Crippen molar-refractivity contribution in [3.63, 3.8) is 0 Å². The zero-order valence-corrected chi connectivity index (χ0v) is 8.46. The molecule has 0 radical (unpaired) electrons. The van der Waals surface area contributed by atoms with Crippen LogP contribution in [0.3, 0.4) is 0 Å². The maximum Gasteiger partial charge on any atom is 0.356 e. The molecule has 1 rings (SSSR count). The highest BCUT2D eigenvalue weighted by molar-refractivity contribution is 5.87. The number of nitrogens with zero attached hydrogens (tertiary/aromatic N) is 1. The van der Waals surface area contributed by atoms with Crippen molar-refractivity contribution >= 4 is 5.97 Å². The van der Waals surface area contributed by atoms with E-state index in [1.165, 1.54) is 12.1 Å². The zero-order valence-electron chi connectivity index (χ0n) is 8.46. The maximum atomic E-state index is 12.8. The van der Waals surface area contributed by atoms with E-state index in [0.717, 1.165) is 13.1 Å². The van der Waals surface area contributed by atoms with Crippen LogP contribution in [0.4, 0.5) is 8.78 Å². The zero-order chi connectivity index (χ0) is 11.5. The Labute approximate surface area is 86.1 Å². The largest absolute Gasteiger partial charge is 0.461 e. The third kappa shape index (κ3) is 2.97. The van der Waals surface area contributed by atoms with Crippen molar-refractivity contribution in [2.24, 2.45) is 0 Å². The van der Waals surface area contributed by atoms with Gasteiger partial charge in [0.05, 0.1) is 6.61 Å². The normalized spacial score (nSPS) is 11.2. The average Bonchev–Trinajstić information content (AvgIpc) is 2.17. The molecule has 0 aliphatic carbocycles. The molecule has 0 saturated heterocycles. The molecule has 0 aliphatic rings. The minimum absolute atomic E-state index is 0.0323. The van der Waals surface area contributed by atoms with Gasteiger partial charge in [0.15, 0.2) is 0 Å². The Bertz CT molecular complexity index is 343. The summed E-state index contributed by atoms with van der Waals surface area (Å²) in [7, 11) is 0. The van der Waals surface area contributed by atoms with Gasteiger partial charge in [-0.25, -0.2) is 18.6 Å². The first-order chi connectivity index (χ1) is 6.95. The predicted molar refractivity (Wildman–Crippen MR) is 49.8 cm³/mol. The van der Waals surface area contributed by atoms with E-state index in [2.05, 4.69) is 9.72 Å². The minimum atomic E-state index is -2.94. The Balaban J connectivity index is 2.86. The lowest BCUT2D eigenvalue weighted by Crippen LogP contribution is -2.11. The van der Waals surface area contributed by atoms with Crippen LogP contribution in [0.2, 0.25) is 0 Å². The van der Waals surface area contributed by atoms with Crippen molar-refractivity contribution in [2.75, 3.05) is 6.61 Å². The first-order valence-electron chi connectivity index (χ1n) is 4.46. The second-order valence-electron chi connectivity index (χ2n) is 3.04. The quantitative estimate of drug-likeness (QED) is 0.726. The number of pyridine rings is 1. The standard InChI is InChI=1S/C10H11F2NO2/c1-3-15-9(14)8-5-4-7(6-13-8)10(2,11)12/h4-6H,3H2,1-2H3. The fourth-order valence-electron chi connectivity index (χ4n) is 0.979. The van der Waals surface area contributed by atoms with Gasteiger partial charge >= 0.3 is 5.97 Å². The van der Waals surface area contributed by atoms with Crippen LogP contribution in [0.15, 0.2) is 18.3 Å². The van der Waals surface area contributed by atoms with Gasteiger partial charge in [-0.05, 0) is 19.1 Å². The molecule has 0 amide bonds. The number of carbonyl (C=O) groups excluding carboxylic acids is 1. The summed E-state index contributed by atoms with van der Waals surface area (Å²) < 4.78 is 30.2. The van der Waals surface area contributed by atoms with Crippen LogP contribution in [-0.2, 0) is 10.7 Å². The predicted octanol–water partition coefficient (Wildman–Crippen LogP) is 2.37. The van der Waals surface area contributed by atoms with Crippen LogP contribution in [0, 0.1) is 0 Å². The van der Waals surface area contributed by atoms with Gasteiger partial charge in [-0.15, -0.1) is 0 Å². The van der Waals surface area contributed by atoms with E-state index in [-0.39, 0.29) is 17.9 Å². The number of hydrogen-bond donors (Lipinski definition) is 0. The van der Waals surface area contributed by atoms with Gasteiger partial charge in [0.2, 0.25) is 0 Å². The fraction of sp³-hybridized carbons (Fsp3) is 0.400. The molecule has 0 aromatic carbocycles. The summed E-state index contributed by atoms with van der Waals surface area (Å²) in [5.74, 6) is -3.55. The summed E-state index contributed by atoms with van der Waals surface area (Å²) >= 11 is 0. The van der Waals surface area contributed by atoms with Crippen LogP contribution in [0.1, 0.15) is 29.9 Å². The molecular weight excluding hydrogens is 204 g/mol. The summed E-state index contributed by atoms with van der Waals surface area (Å²) in [6, 6.07) is 2.39. The molecule has 1 aromatic rings. The van der Waals surface area contributed by atoms with Gasteiger partial charge in [-0.3, -0.25) is 0 Å². The second kappa shape index (κ2) is 4.33. The fourth-order valence-corrected chi connectivity index (χ4v) is 0.979. The van der Waals surface area contributed by atoms with Gasteiger partial charge in [0.25, 0.3) is 5.92 Å². The third-order valence-corrected chi connectivity index (χ3v) is 1.75. The number of halogens is 2. The Hall–Kier alpha value is -1.52. The summed E-state index contributed by atoms with van der Waals surface area (Å²) in [4.78, 5) is 14.7. The monoisotopic (exact) mass is 215 g/mol. The average molecular weight is 215 g/mol. The van der Waals surface area contributed by atoms with Gasteiger partial charge in [-0.1, -0.05) is 0 Å². The molecule has 0 unspecified atom stereocenters. The van der Waals surface area contributed by atoms with E-state index in [9.17, 15) is 13.6 Å². The highest BCUT2D eigenvalue weighted by Crippen LogP contribution is 2.25. The van der Waals surface area contributed by atoms with Crippen molar-refractivity contribution in [3.05, 3.63) is 29.6 Å². The number of aromatic nitrogens is 1. The number of esters is 1. The van der Waals surface area contributed by atoms with E-state index in [0.29, 0.717) is 0 Å². The van der Waals surface area contributed by atoms with Crippen LogP contribution < -0.4 is 0 Å². The first-order valence-corrected chi connectivity index (χ1v) is 4.46. The lowest BCUT2D eigenvalue weighted by atomic mass is 10.1. The number of hydrogen-bond acceptors (Lipinski definition) is 3. The Morgan fingerprint density at radius 1 is 1.53 bits per heavy atom. The van der Waals surface area contributed by atoms with Crippen molar-refractivity contribution in [1.29, 1.82) is 0 Å². The number of ether oxygens (including phenoxy) is 1. The number of rotatable bonds is 3. The molecule has 1 aromatic heterocycles. The molecule has 5 heteroatoms. The lowest BCUT2D eigenvalue weighted by Gasteiger charge is -2.09. The molecule has 0 aliphatic heterocycles. The molecule has 0 atom stereocenters. The van der Waals surface area contributed by atoms with E-state index < -0.39 is 11.9 Å². The maximum absolute atomic E-state index is 12.8. The van der Waals surface area contributed by atoms with Crippen LogP contribution in [-0.4, -0.2) is 17.6 Å². The molecule has 3 nitrogen and oxygen atoms in total. The third-order valence-electron chi connectivity index (χ3n) is 1.75. The van der Waals surface area contributed by atoms with Crippen molar-refractivity contribution in [1.82, 2.24) is 4.98 Å². The van der Waals surface area contributed by atoms with Crippen LogP contribution in [0.5, 0.6) is 0 Å². The van der Waals surface area contributed by atoms with E-state index in [1.54, 1.807) is 6.92 Å². The smallest absolute Gasteiger partial charge is 0.356 e. The first kappa shape index (κ1) is 11.6. The topological polar surface area (TPSA) is 39.2 Å². The summed E-state index contributed by atoms with van der Waals surface area (Å²) in [6.07, 6.45) is 0.978. The molecule has 0 saturated carbocycles. The van der Waals surface area contributed by atoms with E-state index in [4.69, 9.17) is 0 Å². The van der Waals surface area contributed by atoms with Gasteiger partial charge in [0, 0.05) is 18.7 Å².